The number of benzene rings is 1. The van der Waals surface area contributed by atoms with Crippen LogP contribution in [0.1, 0.15) is 22.3 Å². The number of hydrogen-bond donors (Lipinski definition) is 0. The van der Waals surface area contributed by atoms with Crippen molar-refractivity contribution in [3.05, 3.63) is 58.7 Å². The Labute approximate surface area is 154 Å². The molecular formula is C18H17ClF3N3O. The number of aromatic nitrogens is 1. The van der Waals surface area contributed by atoms with Gasteiger partial charge in [0.05, 0.1) is 5.56 Å². The van der Waals surface area contributed by atoms with Gasteiger partial charge in [0.1, 0.15) is 5.82 Å². The molecule has 2 aromatic rings. The number of hydrogen-bond acceptors (Lipinski definition) is 3. The molecule has 1 fully saturated rings. The third-order valence-electron chi connectivity index (χ3n) is 4.27. The van der Waals surface area contributed by atoms with Gasteiger partial charge in [0.15, 0.2) is 0 Å². The Morgan fingerprint density at radius 2 is 1.73 bits per heavy atom. The molecular weight excluding hydrogens is 367 g/mol. The number of amides is 1. The van der Waals surface area contributed by atoms with Crippen LogP contribution < -0.4 is 4.90 Å². The van der Waals surface area contributed by atoms with E-state index in [1.54, 1.807) is 29.2 Å². The molecule has 0 atom stereocenters. The van der Waals surface area contributed by atoms with E-state index in [1.165, 1.54) is 6.07 Å². The fourth-order valence-corrected chi connectivity index (χ4v) is 2.99. The third-order valence-corrected chi connectivity index (χ3v) is 4.53. The average molecular weight is 384 g/mol. The zero-order valence-corrected chi connectivity index (χ0v) is 14.6. The molecule has 1 aromatic carbocycles. The lowest BCUT2D eigenvalue weighted by Crippen LogP contribution is -2.35. The van der Waals surface area contributed by atoms with Crippen molar-refractivity contribution in [2.75, 3.05) is 31.1 Å². The van der Waals surface area contributed by atoms with Gasteiger partial charge in [0.2, 0.25) is 0 Å². The molecule has 0 N–H and O–H groups in total. The van der Waals surface area contributed by atoms with Gasteiger partial charge in [0, 0.05) is 43.0 Å². The summed E-state index contributed by atoms with van der Waals surface area (Å²) in [6.45, 7) is 2.20. The van der Waals surface area contributed by atoms with Crippen molar-refractivity contribution in [1.29, 1.82) is 0 Å². The van der Waals surface area contributed by atoms with E-state index < -0.39 is 11.7 Å². The van der Waals surface area contributed by atoms with Crippen LogP contribution in [0.2, 0.25) is 5.02 Å². The molecule has 0 radical (unpaired) electrons. The van der Waals surface area contributed by atoms with Crippen LogP contribution in [0.15, 0.2) is 42.6 Å². The molecule has 1 amide bonds. The molecule has 0 aliphatic carbocycles. The van der Waals surface area contributed by atoms with Gasteiger partial charge in [-0.15, -0.1) is 0 Å². The molecule has 26 heavy (non-hydrogen) atoms. The van der Waals surface area contributed by atoms with E-state index in [9.17, 15) is 18.0 Å². The van der Waals surface area contributed by atoms with Crippen LogP contribution in [0.5, 0.6) is 0 Å². The number of rotatable bonds is 2. The van der Waals surface area contributed by atoms with Crippen LogP contribution in [0, 0.1) is 0 Å². The summed E-state index contributed by atoms with van der Waals surface area (Å²) in [5, 5.41) is 0.567. The fourth-order valence-electron chi connectivity index (χ4n) is 2.87. The highest BCUT2D eigenvalue weighted by molar-refractivity contribution is 6.30. The highest BCUT2D eigenvalue weighted by atomic mass is 35.5. The predicted octanol–water partition coefficient (Wildman–Crippen LogP) is 4.11. The second kappa shape index (κ2) is 7.53. The first-order valence-electron chi connectivity index (χ1n) is 8.17. The normalized spacial score (nSPS) is 15.7. The Kier molecular flexibility index (Phi) is 5.36. The third kappa shape index (κ3) is 4.27. The minimum atomic E-state index is -4.40. The Hall–Kier alpha value is -2.28. The SMILES string of the molecule is O=C(c1ccc(Cl)cc1)N1CCCN(c2ccc(C(F)(F)F)cn2)CC1. The van der Waals surface area contributed by atoms with Gasteiger partial charge in [0.25, 0.3) is 5.91 Å². The van der Waals surface area contributed by atoms with Crippen LogP contribution in [0.25, 0.3) is 0 Å². The number of halogens is 4. The van der Waals surface area contributed by atoms with Crippen LogP contribution in [-0.4, -0.2) is 42.0 Å². The minimum Gasteiger partial charge on any atom is -0.355 e. The molecule has 0 saturated carbocycles. The second-order valence-electron chi connectivity index (χ2n) is 6.04. The zero-order valence-electron chi connectivity index (χ0n) is 13.8. The van der Waals surface area contributed by atoms with Crippen molar-refractivity contribution < 1.29 is 18.0 Å². The number of pyridine rings is 1. The van der Waals surface area contributed by atoms with Crippen LogP contribution in [0.4, 0.5) is 19.0 Å². The maximum atomic E-state index is 12.6. The lowest BCUT2D eigenvalue weighted by atomic mass is 10.2. The molecule has 0 unspecified atom stereocenters. The monoisotopic (exact) mass is 383 g/mol. The van der Waals surface area contributed by atoms with Gasteiger partial charge in [-0.2, -0.15) is 13.2 Å². The van der Waals surface area contributed by atoms with Gasteiger partial charge in [-0.3, -0.25) is 4.79 Å². The Morgan fingerprint density at radius 3 is 2.35 bits per heavy atom. The van der Waals surface area contributed by atoms with Crippen molar-refractivity contribution in [3.63, 3.8) is 0 Å². The number of alkyl halides is 3. The van der Waals surface area contributed by atoms with E-state index in [2.05, 4.69) is 4.98 Å². The van der Waals surface area contributed by atoms with Crippen molar-refractivity contribution >= 4 is 23.3 Å². The minimum absolute atomic E-state index is 0.0797. The summed E-state index contributed by atoms with van der Waals surface area (Å²) in [7, 11) is 0. The molecule has 1 aromatic heterocycles. The molecule has 1 aliphatic heterocycles. The Balaban J connectivity index is 1.66. The van der Waals surface area contributed by atoms with Gasteiger partial charge in [-0.1, -0.05) is 11.6 Å². The van der Waals surface area contributed by atoms with Crippen molar-refractivity contribution in [2.24, 2.45) is 0 Å². The van der Waals surface area contributed by atoms with Gasteiger partial charge >= 0.3 is 6.18 Å². The molecule has 4 nitrogen and oxygen atoms in total. The molecule has 138 valence electrons. The van der Waals surface area contributed by atoms with Crippen LogP contribution in [-0.2, 0) is 6.18 Å². The number of nitrogens with zero attached hydrogens (tertiary/aromatic N) is 3. The van der Waals surface area contributed by atoms with E-state index in [-0.39, 0.29) is 5.91 Å². The highest BCUT2D eigenvalue weighted by Gasteiger charge is 2.31. The molecule has 8 heteroatoms. The molecule has 1 aliphatic rings. The van der Waals surface area contributed by atoms with E-state index in [0.717, 1.165) is 12.3 Å². The van der Waals surface area contributed by atoms with Crippen molar-refractivity contribution in [1.82, 2.24) is 9.88 Å². The maximum Gasteiger partial charge on any atom is 0.417 e. The predicted molar refractivity (Wildman–Crippen MR) is 93.4 cm³/mol. The smallest absolute Gasteiger partial charge is 0.355 e. The summed E-state index contributed by atoms with van der Waals surface area (Å²) in [5.41, 5.74) is -0.203. The highest BCUT2D eigenvalue weighted by Crippen LogP contribution is 2.29. The Bertz CT molecular complexity index is 763. The molecule has 0 bridgehead atoms. The Morgan fingerprint density at radius 1 is 1.00 bits per heavy atom. The van der Waals surface area contributed by atoms with Gasteiger partial charge in [-0.05, 0) is 42.8 Å². The summed E-state index contributed by atoms with van der Waals surface area (Å²) in [4.78, 5) is 20.2. The first-order valence-corrected chi connectivity index (χ1v) is 8.55. The molecule has 2 heterocycles. The number of carbonyl (C=O) groups excluding carboxylic acids is 1. The summed E-state index contributed by atoms with van der Waals surface area (Å²) >= 11 is 5.85. The standard InChI is InChI=1S/C18H17ClF3N3O/c19-15-5-2-13(3-6-15)17(26)25-9-1-8-24(10-11-25)16-7-4-14(12-23-16)18(20,21)22/h2-7,12H,1,8-11H2. The number of carbonyl (C=O) groups is 1. The van der Waals surface area contributed by atoms with Crippen LogP contribution in [0.3, 0.4) is 0 Å². The first-order chi connectivity index (χ1) is 12.3. The first kappa shape index (κ1) is 18.5. The summed E-state index contributed by atoms with van der Waals surface area (Å²) in [5.74, 6) is 0.405. The average Bonchev–Trinajstić information content (AvgIpc) is 2.87. The quantitative estimate of drug-likeness (QED) is 0.783. The van der Waals surface area contributed by atoms with Crippen LogP contribution >= 0.6 is 11.6 Å². The van der Waals surface area contributed by atoms with E-state index in [4.69, 9.17) is 11.6 Å². The zero-order chi connectivity index (χ0) is 18.7. The largest absolute Gasteiger partial charge is 0.417 e. The molecule has 0 spiro atoms. The number of anilines is 1. The summed E-state index contributed by atoms with van der Waals surface area (Å²) < 4.78 is 37.9. The molecule has 3 rings (SSSR count). The van der Waals surface area contributed by atoms with E-state index in [1.807, 2.05) is 4.90 Å². The fraction of sp³-hybridized carbons (Fsp3) is 0.333. The van der Waals surface area contributed by atoms with E-state index >= 15 is 0 Å². The topological polar surface area (TPSA) is 36.4 Å². The van der Waals surface area contributed by atoms with Gasteiger partial charge in [-0.25, -0.2) is 4.98 Å². The summed E-state index contributed by atoms with van der Waals surface area (Å²) in [6.07, 6.45) is -2.84. The van der Waals surface area contributed by atoms with Gasteiger partial charge < -0.3 is 9.80 Å². The van der Waals surface area contributed by atoms with Crippen molar-refractivity contribution in [3.8, 4) is 0 Å². The van der Waals surface area contributed by atoms with Crippen molar-refractivity contribution in [2.45, 2.75) is 12.6 Å². The maximum absolute atomic E-state index is 12.6. The second-order valence-corrected chi connectivity index (χ2v) is 6.48. The van der Waals surface area contributed by atoms with E-state index in [0.29, 0.717) is 49.0 Å². The summed E-state index contributed by atoms with van der Waals surface area (Å²) in [6, 6.07) is 9.12. The lowest BCUT2D eigenvalue weighted by Gasteiger charge is -2.23. The lowest BCUT2D eigenvalue weighted by molar-refractivity contribution is -0.137. The molecule has 1 saturated heterocycles.